The zero-order valence-electron chi connectivity index (χ0n) is 17.2. The van der Waals surface area contributed by atoms with Crippen molar-refractivity contribution in [1.29, 1.82) is 0 Å². The molecule has 1 aliphatic rings. The number of hydrogen-bond donors (Lipinski definition) is 3. The van der Waals surface area contributed by atoms with Gasteiger partial charge >= 0.3 is 11.9 Å². The largest absolute Gasteiger partial charge is 0.478 e. The molecule has 8 heteroatoms. The highest BCUT2D eigenvalue weighted by Crippen LogP contribution is 2.38. The minimum atomic E-state index is -1.26. The lowest BCUT2D eigenvalue weighted by Gasteiger charge is -2.38. The van der Waals surface area contributed by atoms with Crippen molar-refractivity contribution in [2.24, 2.45) is 5.92 Å². The van der Waals surface area contributed by atoms with E-state index in [1.165, 1.54) is 12.0 Å². The third-order valence-electron chi connectivity index (χ3n) is 4.66. The summed E-state index contributed by atoms with van der Waals surface area (Å²) in [4.78, 5) is 21.3. The highest BCUT2D eigenvalue weighted by Gasteiger charge is 2.33. The SMILES string of the molecule is COCOc1cccc(C([C@@H]2CCCC[C@H]2O)N(C)C)c1.O=C(O)/C=C\C(=O)O. The average molecular weight is 409 g/mol. The molecule has 29 heavy (non-hydrogen) atoms. The molecular formula is C21H31NO7. The Morgan fingerprint density at radius 3 is 2.31 bits per heavy atom. The fourth-order valence-corrected chi connectivity index (χ4v) is 3.49. The molecule has 0 radical (unpaired) electrons. The molecule has 1 saturated carbocycles. The number of aliphatic carboxylic acids is 2. The van der Waals surface area contributed by atoms with Crippen LogP contribution in [0.5, 0.6) is 5.75 Å². The first-order valence-electron chi connectivity index (χ1n) is 9.46. The Kier molecular flexibility index (Phi) is 11.0. The molecule has 1 aliphatic carbocycles. The lowest BCUT2D eigenvalue weighted by molar-refractivity contribution is -0.134. The van der Waals surface area contributed by atoms with Crippen molar-refractivity contribution in [3.05, 3.63) is 42.0 Å². The number of hydrogen-bond acceptors (Lipinski definition) is 6. The number of aliphatic hydroxyl groups excluding tert-OH is 1. The molecule has 3 atom stereocenters. The molecule has 3 N–H and O–H groups in total. The maximum Gasteiger partial charge on any atom is 0.328 e. The molecule has 162 valence electrons. The summed E-state index contributed by atoms with van der Waals surface area (Å²) < 4.78 is 10.5. The Morgan fingerprint density at radius 1 is 1.17 bits per heavy atom. The quantitative estimate of drug-likeness (QED) is 0.443. The summed E-state index contributed by atoms with van der Waals surface area (Å²) in [6, 6.07) is 8.33. The van der Waals surface area contributed by atoms with E-state index in [0.29, 0.717) is 12.2 Å². The van der Waals surface area contributed by atoms with E-state index in [0.717, 1.165) is 25.0 Å². The lowest BCUT2D eigenvalue weighted by atomic mass is 9.78. The standard InChI is InChI=1S/C17H27NO3.C4H4O4/c1-18(2)17(15-9-4-5-10-16(15)19)13-7-6-8-14(11-13)21-12-20-3;5-3(6)1-2-4(7)8/h6-8,11,15-17,19H,4-5,9-10,12H2,1-3H3;1-2H,(H,5,6)(H,7,8)/b;2-1-/t15-,16-,17?;/m1./s1. The average Bonchev–Trinajstić information content (AvgIpc) is 2.67. The van der Waals surface area contributed by atoms with E-state index < -0.39 is 11.9 Å². The number of carboxylic acids is 2. The molecule has 1 fully saturated rings. The molecule has 8 nitrogen and oxygen atoms in total. The van der Waals surface area contributed by atoms with Crippen LogP contribution in [0.4, 0.5) is 0 Å². The van der Waals surface area contributed by atoms with Crippen molar-refractivity contribution in [2.45, 2.75) is 37.8 Å². The van der Waals surface area contributed by atoms with Gasteiger partial charge in [-0.1, -0.05) is 25.0 Å². The molecule has 1 unspecified atom stereocenters. The van der Waals surface area contributed by atoms with E-state index >= 15 is 0 Å². The number of ether oxygens (including phenoxy) is 2. The molecule has 0 amide bonds. The fourth-order valence-electron chi connectivity index (χ4n) is 3.49. The molecule has 0 bridgehead atoms. The van der Waals surface area contributed by atoms with Crippen molar-refractivity contribution < 1.29 is 34.4 Å². The second kappa shape index (κ2) is 12.9. The van der Waals surface area contributed by atoms with Gasteiger partial charge in [-0.25, -0.2) is 9.59 Å². The summed E-state index contributed by atoms with van der Waals surface area (Å²) in [5, 5.41) is 26.0. The third-order valence-corrected chi connectivity index (χ3v) is 4.66. The first-order chi connectivity index (χ1) is 13.8. The van der Waals surface area contributed by atoms with Gasteiger partial charge in [0.15, 0.2) is 6.79 Å². The normalized spacial score (nSPS) is 20.0. The molecule has 0 spiro atoms. The van der Waals surface area contributed by atoms with Crippen molar-refractivity contribution in [3.8, 4) is 5.75 Å². The molecular weight excluding hydrogens is 378 g/mol. The number of aliphatic hydroxyl groups is 1. The van der Waals surface area contributed by atoms with E-state index in [-0.39, 0.29) is 24.9 Å². The van der Waals surface area contributed by atoms with E-state index in [4.69, 9.17) is 19.7 Å². The monoisotopic (exact) mass is 409 g/mol. The Bertz CT molecular complexity index is 659. The predicted octanol–water partition coefficient (Wildman–Crippen LogP) is 2.53. The second-order valence-corrected chi connectivity index (χ2v) is 7.06. The van der Waals surface area contributed by atoms with Crippen molar-refractivity contribution >= 4 is 11.9 Å². The van der Waals surface area contributed by atoms with Gasteiger partial charge in [0.2, 0.25) is 0 Å². The maximum atomic E-state index is 10.4. The van der Waals surface area contributed by atoms with E-state index in [1.54, 1.807) is 7.11 Å². The summed E-state index contributed by atoms with van der Waals surface area (Å²) in [5.41, 5.74) is 1.19. The molecule has 0 saturated heterocycles. The van der Waals surface area contributed by atoms with Crippen LogP contribution in [0.3, 0.4) is 0 Å². The van der Waals surface area contributed by atoms with Crippen LogP contribution in [0.15, 0.2) is 36.4 Å². The van der Waals surface area contributed by atoms with Crippen LogP contribution in [-0.4, -0.2) is 66.3 Å². The summed E-state index contributed by atoms with van der Waals surface area (Å²) >= 11 is 0. The van der Waals surface area contributed by atoms with Crippen LogP contribution in [0.1, 0.15) is 37.3 Å². The number of carboxylic acid groups (broad SMARTS) is 2. The van der Waals surface area contributed by atoms with Gasteiger partial charge in [0.1, 0.15) is 5.75 Å². The van der Waals surface area contributed by atoms with Crippen LogP contribution in [-0.2, 0) is 14.3 Å². The molecule has 1 aromatic carbocycles. The lowest BCUT2D eigenvalue weighted by Crippen LogP contribution is -2.36. The van der Waals surface area contributed by atoms with E-state index in [2.05, 4.69) is 31.1 Å². The highest BCUT2D eigenvalue weighted by molar-refractivity contribution is 5.89. The Balaban J connectivity index is 0.000000447. The second-order valence-electron chi connectivity index (χ2n) is 7.06. The topological polar surface area (TPSA) is 117 Å². The van der Waals surface area contributed by atoms with Crippen molar-refractivity contribution in [3.63, 3.8) is 0 Å². The van der Waals surface area contributed by atoms with Crippen molar-refractivity contribution in [1.82, 2.24) is 4.90 Å². The van der Waals surface area contributed by atoms with Crippen LogP contribution < -0.4 is 4.74 Å². The predicted molar refractivity (Wildman–Crippen MR) is 108 cm³/mol. The summed E-state index contributed by atoms with van der Waals surface area (Å²) in [5.74, 6) is -1.42. The van der Waals surface area contributed by atoms with Crippen LogP contribution in [0.25, 0.3) is 0 Å². The molecule has 0 aliphatic heterocycles. The van der Waals surface area contributed by atoms with Crippen LogP contribution in [0.2, 0.25) is 0 Å². The Hall–Kier alpha value is -2.42. The molecule has 1 aromatic rings. The Labute approximate surface area is 171 Å². The molecule has 2 rings (SSSR count). The highest BCUT2D eigenvalue weighted by atomic mass is 16.7. The minimum Gasteiger partial charge on any atom is -0.478 e. The maximum absolute atomic E-state index is 10.4. The number of nitrogens with zero attached hydrogens (tertiary/aromatic N) is 1. The smallest absolute Gasteiger partial charge is 0.328 e. The van der Waals surface area contributed by atoms with Gasteiger partial charge in [0.05, 0.1) is 6.10 Å². The first-order valence-corrected chi connectivity index (χ1v) is 9.46. The zero-order valence-corrected chi connectivity index (χ0v) is 17.2. The van der Waals surface area contributed by atoms with Crippen molar-refractivity contribution in [2.75, 3.05) is 28.0 Å². The van der Waals surface area contributed by atoms with Gasteiger partial charge in [-0.05, 0) is 44.6 Å². The number of methoxy groups -OCH3 is 1. The zero-order chi connectivity index (χ0) is 21.8. The molecule has 0 aromatic heterocycles. The summed E-state index contributed by atoms with van der Waals surface area (Å²) in [7, 11) is 5.77. The fraction of sp³-hybridized carbons (Fsp3) is 0.524. The minimum absolute atomic E-state index is 0.213. The van der Waals surface area contributed by atoms with Gasteiger partial charge in [0.25, 0.3) is 0 Å². The number of benzene rings is 1. The number of rotatable bonds is 8. The van der Waals surface area contributed by atoms with E-state index in [9.17, 15) is 14.7 Å². The summed E-state index contributed by atoms with van der Waals surface area (Å²) in [6.07, 6.45) is 5.22. The van der Waals surface area contributed by atoms with Gasteiger partial charge in [-0.2, -0.15) is 0 Å². The summed E-state index contributed by atoms with van der Waals surface area (Å²) in [6.45, 7) is 0.252. The van der Waals surface area contributed by atoms with Gasteiger partial charge < -0.3 is 29.7 Å². The van der Waals surface area contributed by atoms with Gasteiger partial charge in [0, 0.05) is 31.2 Å². The molecule has 0 heterocycles. The van der Waals surface area contributed by atoms with Crippen LogP contribution >= 0.6 is 0 Å². The van der Waals surface area contributed by atoms with Gasteiger partial charge in [-0.3, -0.25) is 0 Å². The number of carbonyl (C=O) groups is 2. The van der Waals surface area contributed by atoms with Crippen LogP contribution in [0, 0.1) is 5.92 Å². The third kappa shape index (κ3) is 9.08. The van der Waals surface area contributed by atoms with E-state index in [1.807, 2.05) is 12.1 Å². The first kappa shape index (κ1) is 24.6. The van der Waals surface area contributed by atoms with Gasteiger partial charge in [-0.15, -0.1) is 0 Å². The Morgan fingerprint density at radius 2 is 1.79 bits per heavy atom.